The topological polar surface area (TPSA) is 82.1 Å². The van der Waals surface area contributed by atoms with Crippen molar-refractivity contribution in [2.75, 3.05) is 0 Å². The van der Waals surface area contributed by atoms with Crippen LogP contribution in [0.1, 0.15) is 57.8 Å². The average Bonchev–Trinajstić information content (AvgIpc) is 2.92. The number of rotatable bonds is 3. The Balaban J connectivity index is 1.81. The van der Waals surface area contributed by atoms with Gasteiger partial charge in [0, 0.05) is 6.92 Å². The molecule has 162 valence electrons. The van der Waals surface area contributed by atoms with Gasteiger partial charge in [0.25, 0.3) is 0 Å². The highest BCUT2D eigenvalue weighted by Crippen LogP contribution is 2.65. The van der Waals surface area contributed by atoms with E-state index in [1.807, 2.05) is 33.8 Å². The van der Waals surface area contributed by atoms with Crippen molar-refractivity contribution < 1.29 is 28.9 Å². The molecule has 2 bridgehead atoms. The summed E-state index contributed by atoms with van der Waals surface area (Å²) in [6.45, 7) is 9.27. The van der Waals surface area contributed by atoms with Gasteiger partial charge in [-0.1, -0.05) is 24.3 Å². The van der Waals surface area contributed by atoms with Gasteiger partial charge in [0.1, 0.15) is 23.9 Å². The summed E-state index contributed by atoms with van der Waals surface area (Å²) in [6.07, 6.45) is 0.529. The molecule has 0 unspecified atom stereocenters. The predicted octanol–water partition coefficient (Wildman–Crippen LogP) is 3.43. The number of hydrogen-bond acceptors (Lipinski definition) is 6. The molecule has 1 aromatic rings. The van der Waals surface area contributed by atoms with Crippen LogP contribution in [0.15, 0.2) is 42.0 Å². The van der Waals surface area contributed by atoms with E-state index >= 15 is 0 Å². The molecule has 30 heavy (non-hydrogen) atoms. The van der Waals surface area contributed by atoms with E-state index in [1.165, 1.54) is 6.92 Å². The second kappa shape index (κ2) is 6.92. The fourth-order valence-electron chi connectivity index (χ4n) is 5.85. The number of carbonyl (C=O) groups excluding carboxylic acids is 2. The van der Waals surface area contributed by atoms with E-state index in [9.17, 15) is 14.7 Å². The Kier molecular flexibility index (Phi) is 4.86. The molecule has 0 amide bonds. The van der Waals surface area contributed by atoms with Crippen LogP contribution in [0.4, 0.5) is 0 Å². The first-order valence-electron chi connectivity index (χ1n) is 10.5. The van der Waals surface area contributed by atoms with Crippen molar-refractivity contribution in [3.8, 4) is 0 Å². The second-order valence-electron chi connectivity index (χ2n) is 9.58. The number of aliphatic hydroxyl groups excluding tert-OH is 1. The maximum atomic E-state index is 13.0. The predicted molar refractivity (Wildman–Crippen MR) is 110 cm³/mol. The van der Waals surface area contributed by atoms with E-state index in [4.69, 9.17) is 14.2 Å². The van der Waals surface area contributed by atoms with Crippen molar-refractivity contribution in [3.05, 3.63) is 47.5 Å². The van der Waals surface area contributed by atoms with Gasteiger partial charge >= 0.3 is 11.9 Å². The molecule has 1 aromatic carbocycles. The lowest BCUT2D eigenvalue weighted by Gasteiger charge is -2.58. The van der Waals surface area contributed by atoms with E-state index in [2.05, 4.69) is 0 Å². The zero-order valence-corrected chi connectivity index (χ0v) is 18.2. The van der Waals surface area contributed by atoms with Gasteiger partial charge in [-0.15, -0.1) is 0 Å². The van der Waals surface area contributed by atoms with E-state index < -0.39 is 46.9 Å². The number of esters is 2. The van der Waals surface area contributed by atoms with Crippen LogP contribution in [0.25, 0.3) is 0 Å². The van der Waals surface area contributed by atoms with E-state index in [1.54, 1.807) is 30.3 Å². The monoisotopic (exact) mass is 414 g/mol. The molecule has 1 saturated heterocycles. The Morgan fingerprint density at radius 1 is 1.13 bits per heavy atom. The molecule has 2 aliphatic carbocycles. The van der Waals surface area contributed by atoms with Crippen molar-refractivity contribution in [2.24, 2.45) is 11.3 Å². The molecule has 1 saturated carbocycles. The van der Waals surface area contributed by atoms with Crippen LogP contribution >= 0.6 is 0 Å². The van der Waals surface area contributed by atoms with Gasteiger partial charge in [-0.3, -0.25) is 4.79 Å². The Morgan fingerprint density at radius 2 is 1.80 bits per heavy atom. The number of benzene rings is 1. The summed E-state index contributed by atoms with van der Waals surface area (Å²) in [6, 6.07) is 8.84. The molecule has 1 aliphatic heterocycles. The number of aliphatic hydroxyl groups is 1. The zero-order chi connectivity index (χ0) is 21.9. The van der Waals surface area contributed by atoms with E-state index in [0.717, 1.165) is 12.0 Å². The second-order valence-corrected chi connectivity index (χ2v) is 9.58. The van der Waals surface area contributed by atoms with Crippen molar-refractivity contribution in [1.29, 1.82) is 0 Å². The summed E-state index contributed by atoms with van der Waals surface area (Å²) in [7, 11) is 0. The van der Waals surface area contributed by atoms with E-state index in [0.29, 0.717) is 12.0 Å². The zero-order valence-electron chi connectivity index (χ0n) is 18.2. The summed E-state index contributed by atoms with van der Waals surface area (Å²) in [5.41, 5.74) is -0.822. The third-order valence-electron chi connectivity index (χ3n) is 7.50. The van der Waals surface area contributed by atoms with Crippen LogP contribution in [-0.4, -0.2) is 46.6 Å². The molecule has 6 nitrogen and oxygen atoms in total. The van der Waals surface area contributed by atoms with Crippen LogP contribution in [0.5, 0.6) is 0 Å². The number of fused-ring (bicyclic) bond motifs is 1. The SMILES string of the molecule is CC(=O)O[C@@H]1[C@@H](O)C=C(C)[C@@]23C[C@@H](C[C@H](OC(=O)c4ccccc4)[C@]12C)C(C)(C)O3. The molecule has 0 aromatic heterocycles. The summed E-state index contributed by atoms with van der Waals surface area (Å²) >= 11 is 0. The van der Waals surface area contributed by atoms with Gasteiger partial charge < -0.3 is 19.3 Å². The lowest BCUT2D eigenvalue weighted by Crippen LogP contribution is -2.68. The third kappa shape index (κ3) is 2.92. The fourth-order valence-corrected chi connectivity index (χ4v) is 5.85. The molecule has 1 N–H and O–H groups in total. The Hall–Kier alpha value is -2.18. The Morgan fingerprint density at radius 3 is 2.43 bits per heavy atom. The molecule has 1 spiro atoms. The van der Waals surface area contributed by atoms with Gasteiger partial charge in [0.15, 0.2) is 0 Å². The van der Waals surface area contributed by atoms with Gasteiger partial charge in [-0.05, 0) is 64.2 Å². The Labute approximate surface area is 177 Å². The first-order chi connectivity index (χ1) is 14.0. The third-order valence-corrected chi connectivity index (χ3v) is 7.50. The minimum Gasteiger partial charge on any atom is -0.459 e. The maximum absolute atomic E-state index is 13.0. The number of hydrogen-bond donors (Lipinski definition) is 1. The first-order valence-corrected chi connectivity index (χ1v) is 10.5. The molecular formula is C24H30O6. The van der Waals surface area contributed by atoms with Crippen LogP contribution in [0.2, 0.25) is 0 Å². The Bertz CT molecular complexity index is 890. The number of ether oxygens (including phenoxy) is 3. The summed E-state index contributed by atoms with van der Waals surface area (Å²) in [5, 5.41) is 10.9. The van der Waals surface area contributed by atoms with Gasteiger partial charge in [-0.2, -0.15) is 0 Å². The van der Waals surface area contributed by atoms with Crippen molar-refractivity contribution in [2.45, 2.75) is 77.0 Å². The van der Waals surface area contributed by atoms with Crippen LogP contribution in [-0.2, 0) is 19.0 Å². The molecule has 3 aliphatic rings. The van der Waals surface area contributed by atoms with Crippen molar-refractivity contribution in [3.63, 3.8) is 0 Å². The molecule has 1 heterocycles. The molecule has 0 radical (unpaired) electrons. The van der Waals surface area contributed by atoms with Gasteiger partial charge in [-0.25, -0.2) is 4.79 Å². The minimum atomic E-state index is -1.01. The van der Waals surface area contributed by atoms with Crippen LogP contribution in [0.3, 0.4) is 0 Å². The quantitative estimate of drug-likeness (QED) is 0.603. The van der Waals surface area contributed by atoms with Crippen LogP contribution in [0, 0.1) is 11.3 Å². The van der Waals surface area contributed by atoms with Crippen molar-refractivity contribution >= 4 is 11.9 Å². The summed E-state index contributed by atoms with van der Waals surface area (Å²) in [4.78, 5) is 24.9. The van der Waals surface area contributed by atoms with E-state index in [-0.39, 0.29) is 5.92 Å². The molecular weight excluding hydrogens is 384 g/mol. The average molecular weight is 414 g/mol. The smallest absolute Gasteiger partial charge is 0.338 e. The lowest BCUT2D eigenvalue weighted by molar-refractivity contribution is -0.229. The van der Waals surface area contributed by atoms with Crippen LogP contribution < -0.4 is 0 Å². The van der Waals surface area contributed by atoms with Gasteiger partial charge in [0.05, 0.1) is 16.6 Å². The first kappa shape index (κ1) is 21.1. The standard InChI is InChI=1S/C24H30O6/c1-14-11-18(26)20(28-15(2)25)23(5)19(29-21(27)16-9-7-6-8-10-16)12-17-13-24(14,23)30-22(17,3)4/h6-11,17-20,26H,12-13H2,1-5H3/t17-,18+,19+,20-,23-,24+/m1/s1. The molecule has 4 rings (SSSR count). The van der Waals surface area contributed by atoms with Gasteiger partial charge in [0.2, 0.25) is 0 Å². The molecule has 6 atom stereocenters. The summed E-state index contributed by atoms with van der Waals surface area (Å²) < 4.78 is 18.4. The van der Waals surface area contributed by atoms with Crippen molar-refractivity contribution in [1.82, 2.24) is 0 Å². The lowest BCUT2D eigenvalue weighted by atomic mass is 9.52. The highest BCUT2D eigenvalue weighted by atomic mass is 16.6. The highest BCUT2D eigenvalue weighted by Gasteiger charge is 2.73. The molecule has 6 heteroatoms. The minimum absolute atomic E-state index is 0.163. The largest absolute Gasteiger partial charge is 0.459 e. The summed E-state index contributed by atoms with van der Waals surface area (Å²) in [5.74, 6) is -0.758. The fraction of sp³-hybridized carbons (Fsp3) is 0.583. The normalized spacial score (nSPS) is 38.9. The number of carbonyl (C=O) groups is 2. The highest BCUT2D eigenvalue weighted by molar-refractivity contribution is 5.89. The maximum Gasteiger partial charge on any atom is 0.338 e. The molecule has 2 fully saturated rings.